The molecule has 0 aliphatic rings. The van der Waals surface area contributed by atoms with Gasteiger partial charge in [0.2, 0.25) is 5.76 Å². The van der Waals surface area contributed by atoms with Gasteiger partial charge in [0, 0.05) is 5.69 Å². The van der Waals surface area contributed by atoms with Crippen LogP contribution in [0.25, 0.3) is 0 Å². The number of benzene rings is 1. The van der Waals surface area contributed by atoms with Gasteiger partial charge in [-0.3, -0.25) is 4.79 Å². The van der Waals surface area contributed by atoms with Crippen LogP contribution in [0.3, 0.4) is 0 Å². The van der Waals surface area contributed by atoms with E-state index in [0.29, 0.717) is 0 Å². The van der Waals surface area contributed by atoms with Gasteiger partial charge in [0.15, 0.2) is 6.61 Å². The van der Waals surface area contributed by atoms with Gasteiger partial charge in [-0.2, -0.15) is 0 Å². The molecule has 0 spiro atoms. The fraction of sp³-hybridized carbons (Fsp3) is 0.143. The fourth-order valence-electron chi connectivity index (χ4n) is 1.53. The molecule has 23 heavy (non-hydrogen) atoms. The Hall–Kier alpha value is -2.97. The van der Waals surface area contributed by atoms with E-state index in [9.17, 15) is 22.8 Å². The van der Waals surface area contributed by atoms with E-state index in [0.717, 1.165) is 12.1 Å². The molecule has 0 saturated carbocycles. The summed E-state index contributed by atoms with van der Waals surface area (Å²) >= 11 is 0. The monoisotopic (exact) mass is 329 g/mol. The first-order valence-corrected chi connectivity index (χ1v) is 6.20. The minimum atomic E-state index is -4.79. The molecule has 0 bridgehead atoms. The van der Waals surface area contributed by atoms with Gasteiger partial charge in [0.05, 0.1) is 6.26 Å². The van der Waals surface area contributed by atoms with Crippen molar-refractivity contribution in [1.82, 2.24) is 0 Å². The van der Waals surface area contributed by atoms with E-state index < -0.39 is 30.6 Å². The van der Waals surface area contributed by atoms with Crippen LogP contribution in [0.15, 0.2) is 47.1 Å². The summed E-state index contributed by atoms with van der Waals surface area (Å²) in [5.74, 6) is -1.93. The molecule has 9 heteroatoms. The number of alkyl halides is 3. The number of furan rings is 1. The number of nitrogens with one attached hydrogen (secondary N) is 1. The Morgan fingerprint density at radius 2 is 1.83 bits per heavy atom. The van der Waals surface area contributed by atoms with Crippen molar-refractivity contribution in [2.24, 2.45) is 0 Å². The average molecular weight is 329 g/mol. The minimum absolute atomic E-state index is 0.0496. The largest absolute Gasteiger partial charge is 0.573 e. The Kier molecular flexibility index (Phi) is 4.89. The van der Waals surface area contributed by atoms with Crippen molar-refractivity contribution in [1.29, 1.82) is 0 Å². The number of rotatable bonds is 5. The summed E-state index contributed by atoms with van der Waals surface area (Å²) in [4.78, 5) is 23.0. The second-order valence-electron chi connectivity index (χ2n) is 4.17. The number of amides is 1. The van der Waals surface area contributed by atoms with Gasteiger partial charge >= 0.3 is 12.3 Å². The van der Waals surface area contributed by atoms with Crippen molar-refractivity contribution in [3.63, 3.8) is 0 Å². The van der Waals surface area contributed by atoms with E-state index in [1.54, 1.807) is 0 Å². The zero-order chi connectivity index (χ0) is 16.9. The van der Waals surface area contributed by atoms with E-state index in [4.69, 9.17) is 9.15 Å². The number of anilines is 1. The predicted molar refractivity (Wildman–Crippen MR) is 70.7 cm³/mol. The highest BCUT2D eigenvalue weighted by Crippen LogP contribution is 2.23. The summed E-state index contributed by atoms with van der Waals surface area (Å²) in [6.07, 6.45) is -3.51. The van der Waals surface area contributed by atoms with Crippen LogP contribution in [0.5, 0.6) is 5.75 Å². The van der Waals surface area contributed by atoms with Crippen LogP contribution in [0, 0.1) is 0 Å². The molecule has 0 saturated heterocycles. The van der Waals surface area contributed by atoms with Gasteiger partial charge < -0.3 is 19.2 Å². The van der Waals surface area contributed by atoms with Crippen molar-refractivity contribution in [3.8, 4) is 5.75 Å². The maximum atomic E-state index is 12.0. The molecule has 1 amide bonds. The van der Waals surface area contributed by atoms with E-state index in [-0.39, 0.29) is 11.4 Å². The topological polar surface area (TPSA) is 77.8 Å². The Bertz CT molecular complexity index is 665. The van der Waals surface area contributed by atoms with Crippen LogP contribution in [-0.2, 0) is 9.53 Å². The SMILES string of the molecule is O=C(COC(=O)c1ccco1)Nc1ccc(OC(F)(F)F)cc1. The summed E-state index contributed by atoms with van der Waals surface area (Å²) in [5, 5.41) is 2.35. The third kappa shape index (κ3) is 5.38. The molecule has 6 nitrogen and oxygen atoms in total. The maximum Gasteiger partial charge on any atom is 0.573 e. The molecule has 1 heterocycles. The van der Waals surface area contributed by atoms with Crippen LogP contribution in [0.1, 0.15) is 10.6 Å². The minimum Gasteiger partial charge on any atom is -0.457 e. The molecule has 122 valence electrons. The van der Waals surface area contributed by atoms with E-state index >= 15 is 0 Å². The molecule has 0 radical (unpaired) electrons. The second kappa shape index (κ2) is 6.86. The zero-order valence-corrected chi connectivity index (χ0v) is 11.4. The lowest BCUT2D eigenvalue weighted by molar-refractivity contribution is -0.274. The van der Waals surface area contributed by atoms with Crippen LogP contribution in [0.2, 0.25) is 0 Å². The molecule has 0 aliphatic carbocycles. The molecule has 1 aromatic carbocycles. The number of esters is 1. The summed E-state index contributed by atoms with van der Waals surface area (Å²) < 4.78 is 49.2. The summed E-state index contributed by atoms with van der Waals surface area (Å²) in [6.45, 7) is -0.569. The number of ether oxygens (including phenoxy) is 2. The third-order valence-corrected chi connectivity index (χ3v) is 2.43. The van der Waals surface area contributed by atoms with Crippen LogP contribution < -0.4 is 10.1 Å². The molecular formula is C14H10F3NO5. The van der Waals surface area contributed by atoms with Crippen molar-refractivity contribution in [2.45, 2.75) is 6.36 Å². The summed E-state index contributed by atoms with van der Waals surface area (Å²) in [6, 6.07) is 7.37. The van der Waals surface area contributed by atoms with E-state index in [1.165, 1.54) is 30.5 Å². The number of carbonyl (C=O) groups excluding carboxylic acids is 2. The predicted octanol–water partition coefficient (Wildman–Crippen LogP) is 2.97. The van der Waals surface area contributed by atoms with Gasteiger partial charge in [-0.25, -0.2) is 4.79 Å². The van der Waals surface area contributed by atoms with Gasteiger partial charge in [0.1, 0.15) is 5.75 Å². The molecule has 1 aromatic heterocycles. The quantitative estimate of drug-likeness (QED) is 0.853. The smallest absolute Gasteiger partial charge is 0.457 e. The average Bonchev–Trinajstić information content (AvgIpc) is 2.99. The molecule has 0 atom stereocenters. The number of hydrogen-bond donors (Lipinski definition) is 1. The Morgan fingerprint density at radius 1 is 1.13 bits per heavy atom. The molecule has 2 rings (SSSR count). The number of halogens is 3. The first-order valence-electron chi connectivity index (χ1n) is 6.20. The fourth-order valence-corrected chi connectivity index (χ4v) is 1.53. The molecule has 0 fully saturated rings. The molecule has 0 aliphatic heterocycles. The molecule has 0 unspecified atom stereocenters. The van der Waals surface area contributed by atoms with Gasteiger partial charge in [0.25, 0.3) is 5.91 Å². The number of hydrogen-bond acceptors (Lipinski definition) is 5. The van der Waals surface area contributed by atoms with Crippen LogP contribution in [0.4, 0.5) is 18.9 Å². The van der Waals surface area contributed by atoms with Crippen LogP contribution in [-0.4, -0.2) is 24.8 Å². The van der Waals surface area contributed by atoms with E-state index in [1.807, 2.05) is 0 Å². The molecular weight excluding hydrogens is 319 g/mol. The lowest BCUT2D eigenvalue weighted by atomic mass is 10.3. The van der Waals surface area contributed by atoms with Crippen molar-refractivity contribution in [3.05, 3.63) is 48.4 Å². The van der Waals surface area contributed by atoms with E-state index in [2.05, 4.69) is 10.1 Å². The number of carbonyl (C=O) groups is 2. The van der Waals surface area contributed by atoms with Crippen molar-refractivity contribution >= 4 is 17.6 Å². The molecule has 1 N–H and O–H groups in total. The lowest BCUT2D eigenvalue weighted by Gasteiger charge is -2.10. The summed E-state index contributed by atoms with van der Waals surface area (Å²) in [5.41, 5.74) is 0.221. The van der Waals surface area contributed by atoms with Crippen molar-refractivity contribution in [2.75, 3.05) is 11.9 Å². The zero-order valence-electron chi connectivity index (χ0n) is 11.4. The summed E-state index contributed by atoms with van der Waals surface area (Å²) in [7, 11) is 0. The standard InChI is InChI=1S/C14H10F3NO5/c15-14(16,17)23-10-5-3-9(4-6-10)18-12(19)8-22-13(20)11-2-1-7-21-11/h1-7H,8H2,(H,18,19). The Balaban J connectivity index is 1.82. The second-order valence-corrected chi connectivity index (χ2v) is 4.17. The maximum absolute atomic E-state index is 12.0. The van der Waals surface area contributed by atoms with Crippen molar-refractivity contribution < 1.29 is 36.7 Å². The van der Waals surface area contributed by atoms with Crippen LogP contribution >= 0.6 is 0 Å². The van der Waals surface area contributed by atoms with Gasteiger partial charge in [-0.15, -0.1) is 13.2 Å². The first-order chi connectivity index (χ1) is 10.8. The van der Waals surface area contributed by atoms with Gasteiger partial charge in [-0.05, 0) is 36.4 Å². The highest BCUT2D eigenvalue weighted by molar-refractivity contribution is 5.94. The molecule has 2 aromatic rings. The Morgan fingerprint density at radius 3 is 2.39 bits per heavy atom. The van der Waals surface area contributed by atoms with Gasteiger partial charge in [-0.1, -0.05) is 0 Å². The Labute approximate surface area is 127 Å². The third-order valence-electron chi connectivity index (χ3n) is 2.43. The highest BCUT2D eigenvalue weighted by Gasteiger charge is 2.30. The first kappa shape index (κ1) is 16.4. The highest BCUT2D eigenvalue weighted by atomic mass is 19.4. The lowest BCUT2D eigenvalue weighted by Crippen LogP contribution is -2.21. The normalized spacial score (nSPS) is 10.9.